The van der Waals surface area contributed by atoms with Gasteiger partial charge >= 0.3 is 0 Å². The van der Waals surface area contributed by atoms with Gasteiger partial charge in [0.05, 0.1) is 6.10 Å². The molecule has 0 bridgehead atoms. The Morgan fingerprint density at radius 3 is 2.15 bits per heavy atom. The Hall–Kier alpha value is -0.820. The topological polar surface area (TPSA) is 20.2 Å². The van der Waals surface area contributed by atoms with Crippen LogP contribution in [0.1, 0.15) is 31.4 Å². The normalized spacial score (nSPS) is 12.8. The summed E-state index contributed by atoms with van der Waals surface area (Å²) in [6.45, 7) is 3.99. The summed E-state index contributed by atoms with van der Waals surface area (Å²) in [5, 5.41) is 9.11. The van der Waals surface area contributed by atoms with E-state index in [0.29, 0.717) is 0 Å². The average Bonchev–Trinajstić information content (AvgIpc) is 2.15. The number of aliphatic hydroxyl groups excluding tert-OH is 1. The number of aliphatic hydroxyl groups is 1. The summed E-state index contributed by atoms with van der Waals surface area (Å²) in [5.41, 5.74) is 2.69. The van der Waals surface area contributed by atoms with Gasteiger partial charge in [-0.2, -0.15) is 0 Å². The molecule has 1 rings (SSSR count). The van der Waals surface area contributed by atoms with Crippen LogP contribution in [0.3, 0.4) is 0 Å². The lowest BCUT2D eigenvalue weighted by molar-refractivity contribution is 0.185. The van der Waals surface area contributed by atoms with Crippen LogP contribution in [0.15, 0.2) is 24.3 Å². The van der Waals surface area contributed by atoms with Gasteiger partial charge < -0.3 is 5.11 Å². The molecule has 0 heterocycles. The minimum Gasteiger partial charge on any atom is -0.393 e. The molecule has 1 aromatic rings. The molecule has 0 saturated heterocycles. The summed E-state index contributed by atoms with van der Waals surface area (Å²) >= 11 is 0. The molecule has 1 N–H and O–H groups in total. The van der Waals surface area contributed by atoms with E-state index in [0.717, 1.165) is 19.3 Å². The number of hydrogen-bond donors (Lipinski definition) is 1. The number of hydrogen-bond acceptors (Lipinski definition) is 1. The standard InChI is InChI=1S/C12H18O/c1-3-11-6-8-12(9-7-11)5-4-10(2)13/h6-10,13H,3-5H2,1-2H3/t10-/m0/s1. The zero-order valence-corrected chi connectivity index (χ0v) is 8.46. The van der Waals surface area contributed by atoms with Gasteiger partial charge in [-0.3, -0.25) is 0 Å². The van der Waals surface area contributed by atoms with Gasteiger partial charge in [-0.05, 0) is 37.3 Å². The van der Waals surface area contributed by atoms with Crippen molar-refractivity contribution in [2.45, 2.75) is 39.2 Å². The second-order valence-electron chi connectivity index (χ2n) is 3.56. The molecular weight excluding hydrogens is 160 g/mol. The van der Waals surface area contributed by atoms with Crippen LogP contribution < -0.4 is 0 Å². The fourth-order valence-electron chi connectivity index (χ4n) is 1.32. The van der Waals surface area contributed by atoms with E-state index in [1.165, 1.54) is 11.1 Å². The lowest BCUT2D eigenvalue weighted by Crippen LogP contribution is -2.01. The van der Waals surface area contributed by atoms with Crippen LogP contribution in [0.5, 0.6) is 0 Å². The third kappa shape index (κ3) is 3.60. The maximum Gasteiger partial charge on any atom is 0.0515 e. The SMILES string of the molecule is CCc1ccc(CC[C@H](C)O)cc1. The van der Waals surface area contributed by atoms with E-state index < -0.39 is 0 Å². The summed E-state index contributed by atoms with van der Waals surface area (Å²) in [5.74, 6) is 0. The van der Waals surface area contributed by atoms with Gasteiger partial charge in [-0.15, -0.1) is 0 Å². The van der Waals surface area contributed by atoms with Crippen LogP contribution in [0.25, 0.3) is 0 Å². The van der Waals surface area contributed by atoms with Crippen molar-refractivity contribution in [3.63, 3.8) is 0 Å². The van der Waals surface area contributed by atoms with Crippen LogP contribution in [0, 0.1) is 0 Å². The van der Waals surface area contributed by atoms with Crippen molar-refractivity contribution in [3.05, 3.63) is 35.4 Å². The highest BCUT2D eigenvalue weighted by molar-refractivity contribution is 5.22. The van der Waals surface area contributed by atoms with Crippen molar-refractivity contribution >= 4 is 0 Å². The first kappa shape index (κ1) is 10.3. The molecular formula is C12H18O. The molecule has 0 aromatic heterocycles. The summed E-state index contributed by atoms with van der Waals surface area (Å²) in [6, 6.07) is 8.64. The minimum atomic E-state index is -0.189. The molecule has 13 heavy (non-hydrogen) atoms. The molecule has 0 radical (unpaired) electrons. The van der Waals surface area contributed by atoms with Crippen molar-refractivity contribution in [2.24, 2.45) is 0 Å². The van der Waals surface area contributed by atoms with Crippen molar-refractivity contribution in [1.82, 2.24) is 0 Å². The van der Waals surface area contributed by atoms with Crippen LogP contribution in [0.2, 0.25) is 0 Å². The first-order valence-corrected chi connectivity index (χ1v) is 4.98. The summed E-state index contributed by atoms with van der Waals surface area (Å²) in [4.78, 5) is 0. The minimum absolute atomic E-state index is 0.189. The second-order valence-corrected chi connectivity index (χ2v) is 3.56. The summed E-state index contributed by atoms with van der Waals surface area (Å²) in [6.07, 6.45) is 2.73. The highest BCUT2D eigenvalue weighted by atomic mass is 16.3. The van der Waals surface area contributed by atoms with E-state index in [1.807, 2.05) is 6.92 Å². The molecule has 0 aliphatic rings. The van der Waals surface area contributed by atoms with E-state index >= 15 is 0 Å². The number of benzene rings is 1. The van der Waals surface area contributed by atoms with Crippen molar-refractivity contribution in [1.29, 1.82) is 0 Å². The van der Waals surface area contributed by atoms with Crippen LogP contribution in [0.4, 0.5) is 0 Å². The maximum atomic E-state index is 9.11. The van der Waals surface area contributed by atoms with E-state index in [1.54, 1.807) is 0 Å². The highest BCUT2D eigenvalue weighted by Crippen LogP contribution is 2.08. The number of aryl methyl sites for hydroxylation is 2. The Morgan fingerprint density at radius 2 is 1.69 bits per heavy atom. The molecule has 0 aliphatic carbocycles. The fourth-order valence-corrected chi connectivity index (χ4v) is 1.32. The molecule has 1 heteroatoms. The third-order valence-corrected chi connectivity index (χ3v) is 2.28. The quantitative estimate of drug-likeness (QED) is 0.751. The van der Waals surface area contributed by atoms with Crippen LogP contribution in [-0.4, -0.2) is 11.2 Å². The molecule has 1 nitrogen and oxygen atoms in total. The predicted octanol–water partition coefficient (Wildman–Crippen LogP) is 2.56. The van der Waals surface area contributed by atoms with E-state index in [-0.39, 0.29) is 6.10 Å². The van der Waals surface area contributed by atoms with Crippen molar-refractivity contribution in [2.75, 3.05) is 0 Å². The predicted molar refractivity (Wildman–Crippen MR) is 55.8 cm³/mol. The van der Waals surface area contributed by atoms with Crippen LogP contribution in [-0.2, 0) is 12.8 Å². The molecule has 0 unspecified atom stereocenters. The van der Waals surface area contributed by atoms with Gasteiger partial charge in [0.15, 0.2) is 0 Å². The maximum absolute atomic E-state index is 9.11. The molecule has 0 aliphatic heterocycles. The Morgan fingerprint density at radius 1 is 1.15 bits per heavy atom. The van der Waals surface area contributed by atoms with Crippen molar-refractivity contribution in [3.8, 4) is 0 Å². The molecule has 0 spiro atoms. The molecule has 1 atom stereocenters. The highest BCUT2D eigenvalue weighted by Gasteiger charge is 1.97. The van der Waals surface area contributed by atoms with E-state index in [4.69, 9.17) is 5.11 Å². The molecule has 0 amide bonds. The second kappa shape index (κ2) is 5.03. The van der Waals surface area contributed by atoms with Gasteiger partial charge in [0.2, 0.25) is 0 Å². The third-order valence-electron chi connectivity index (χ3n) is 2.28. The van der Waals surface area contributed by atoms with E-state index in [9.17, 15) is 0 Å². The van der Waals surface area contributed by atoms with Crippen molar-refractivity contribution < 1.29 is 5.11 Å². The summed E-state index contributed by atoms with van der Waals surface area (Å²) in [7, 11) is 0. The lowest BCUT2D eigenvalue weighted by Gasteiger charge is -2.04. The van der Waals surface area contributed by atoms with Crippen LogP contribution >= 0.6 is 0 Å². The van der Waals surface area contributed by atoms with Gasteiger partial charge in [0, 0.05) is 0 Å². The fraction of sp³-hybridized carbons (Fsp3) is 0.500. The Labute approximate surface area is 80.4 Å². The molecule has 0 saturated carbocycles. The van der Waals surface area contributed by atoms with Gasteiger partial charge in [0.25, 0.3) is 0 Å². The first-order valence-electron chi connectivity index (χ1n) is 4.98. The lowest BCUT2D eigenvalue weighted by atomic mass is 10.0. The zero-order valence-electron chi connectivity index (χ0n) is 8.46. The van der Waals surface area contributed by atoms with Gasteiger partial charge in [0.1, 0.15) is 0 Å². The first-order chi connectivity index (χ1) is 6.22. The Balaban J connectivity index is 2.49. The molecule has 1 aromatic carbocycles. The largest absolute Gasteiger partial charge is 0.393 e. The summed E-state index contributed by atoms with van der Waals surface area (Å²) < 4.78 is 0. The average molecular weight is 178 g/mol. The number of rotatable bonds is 4. The van der Waals surface area contributed by atoms with E-state index in [2.05, 4.69) is 31.2 Å². The molecule has 0 fully saturated rings. The monoisotopic (exact) mass is 178 g/mol. The van der Waals surface area contributed by atoms with Gasteiger partial charge in [-0.25, -0.2) is 0 Å². The van der Waals surface area contributed by atoms with Gasteiger partial charge in [-0.1, -0.05) is 31.2 Å². The smallest absolute Gasteiger partial charge is 0.0515 e. The molecule has 72 valence electrons. The zero-order chi connectivity index (χ0) is 9.68. The Kier molecular flexibility index (Phi) is 3.97. The Bertz CT molecular complexity index is 236.